The van der Waals surface area contributed by atoms with Crippen molar-refractivity contribution >= 4 is 15.9 Å². The molecule has 5 heteroatoms. The number of methoxy groups -OCH3 is 1. The van der Waals surface area contributed by atoms with Crippen LogP contribution in [0, 0.1) is 0 Å². The Morgan fingerprint density at radius 3 is 2.75 bits per heavy atom. The summed E-state index contributed by atoms with van der Waals surface area (Å²) in [4.78, 5) is 4.12. The summed E-state index contributed by atoms with van der Waals surface area (Å²) in [6.07, 6.45) is 3.46. The number of benzene rings is 1. The standard InChI is InChI=1S/C15H19BrN2O2/c1-10(2)18-9-17-8-13(18)14(19)7-11-4-5-15(20-3)12(16)6-11/h4-6,8-10,14,19H,7H2,1-3H3. The lowest BCUT2D eigenvalue weighted by Crippen LogP contribution is -2.11. The van der Waals surface area contributed by atoms with Gasteiger partial charge in [-0.25, -0.2) is 4.98 Å². The Bertz CT molecular complexity index is 581. The predicted molar refractivity (Wildman–Crippen MR) is 82.0 cm³/mol. The second-order valence-electron chi connectivity index (χ2n) is 5.01. The van der Waals surface area contributed by atoms with Crippen molar-refractivity contribution in [3.05, 3.63) is 46.5 Å². The summed E-state index contributed by atoms with van der Waals surface area (Å²) in [5, 5.41) is 10.4. The first-order chi connectivity index (χ1) is 9.52. The van der Waals surface area contributed by atoms with Crippen molar-refractivity contribution in [2.24, 2.45) is 0 Å². The Hall–Kier alpha value is -1.33. The summed E-state index contributed by atoms with van der Waals surface area (Å²) in [5.41, 5.74) is 1.88. The molecule has 0 amide bonds. The van der Waals surface area contributed by atoms with Crippen LogP contribution in [-0.4, -0.2) is 21.8 Å². The maximum absolute atomic E-state index is 10.4. The molecule has 20 heavy (non-hydrogen) atoms. The van der Waals surface area contributed by atoms with Gasteiger partial charge in [-0.3, -0.25) is 0 Å². The Morgan fingerprint density at radius 1 is 1.40 bits per heavy atom. The number of aliphatic hydroxyl groups excluding tert-OH is 1. The fourth-order valence-corrected chi connectivity index (χ4v) is 2.76. The smallest absolute Gasteiger partial charge is 0.133 e. The molecule has 1 aromatic heterocycles. The maximum atomic E-state index is 10.4. The van der Waals surface area contributed by atoms with Crippen LogP contribution in [0.3, 0.4) is 0 Å². The molecule has 0 fully saturated rings. The minimum Gasteiger partial charge on any atom is -0.496 e. The minimum atomic E-state index is -0.569. The van der Waals surface area contributed by atoms with Crippen molar-refractivity contribution in [3.63, 3.8) is 0 Å². The van der Waals surface area contributed by atoms with Crippen LogP contribution in [0.25, 0.3) is 0 Å². The number of rotatable bonds is 5. The normalized spacial score (nSPS) is 12.7. The van der Waals surface area contributed by atoms with Gasteiger partial charge in [-0.1, -0.05) is 6.07 Å². The molecule has 0 aliphatic heterocycles. The molecule has 4 nitrogen and oxygen atoms in total. The van der Waals surface area contributed by atoms with Crippen LogP contribution in [0.4, 0.5) is 0 Å². The van der Waals surface area contributed by atoms with Crippen LogP contribution in [0.5, 0.6) is 5.75 Å². The first kappa shape index (κ1) is 15.1. The van der Waals surface area contributed by atoms with Gasteiger partial charge in [0, 0.05) is 12.5 Å². The van der Waals surface area contributed by atoms with Gasteiger partial charge in [0.25, 0.3) is 0 Å². The minimum absolute atomic E-state index is 0.282. The zero-order valence-electron chi connectivity index (χ0n) is 11.9. The van der Waals surface area contributed by atoms with E-state index in [9.17, 15) is 5.11 Å². The summed E-state index contributed by atoms with van der Waals surface area (Å²) >= 11 is 3.46. The van der Waals surface area contributed by atoms with Crippen LogP contribution in [0.1, 0.15) is 37.3 Å². The first-order valence-electron chi connectivity index (χ1n) is 6.55. The molecule has 0 saturated heterocycles. The number of imidazole rings is 1. The number of hydrogen-bond acceptors (Lipinski definition) is 3. The van der Waals surface area contributed by atoms with Gasteiger partial charge in [-0.2, -0.15) is 0 Å². The van der Waals surface area contributed by atoms with Crippen molar-refractivity contribution in [2.75, 3.05) is 7.11 Å². The zero-order chi connectivity index (χ0) is 14.7. The average Bonchev–Trinajstić information content (AvgIpc) is 2.88. The quantitative estimate of drug-likeness (QED) is 0.907. The highest BCUT2D eigenvalue weighted by Crippen LogP contribution is 2.28. The first-order valence-corrected chi connectivity index (χ1v) is 7.34. The Balaban J connectivity index is 2.17. The number of aliphatic hydroxyl groups is 1. The van der Waals surface area contributed by atoms with Crippen LogP contribution in [0.15, 0.2) is 35.2 Å². The van der Waals surface area contributed by atoms with E-state index in [0.29, 0.717) is 6.42 Å². The monoisotopic (exact) mass is 338 g/mol. The Kier molecular flexibility index (Phi) is 4.83. The molecule has 1 atom stereocenters. The van der Waals surface area contributed by atoms with Gasteiger partial charge < -0.3 is 14.4 Å². The molecule has 1 aromatic carbocycles. The Labute approximate surface area is 127 Å². The van der Waals surface area contributed by atoms with E-state index >= 15 is 0 Å². The van der Waals surface area contributed by atoms with E-state index < -0.39 is 6.10 Å². The highest BCUT2D eigenvalue weighted by molar-refractivity contribution is 9.10. The fraction of sp³-hybridized carbons (Fsp3) is 0.400. The topological polar surface area (TPSA) is 47.3 Å². The second-order valence-corrected chi connectivity index (χ2v) is 5.86. The number of ether oxygens (including phenoxy) is 1. The molecular weight excluding hydrogens is 320 g/mol. The summed E-state index contributed by atoms with van der Waals surface area (Å²) in [7, 11) is 1.63. The molecule has 0 saturated carbocycles. The van der Waals surface area contributed by atoms with E-state index in [4.69, 9.17) is 4.74 Å². The lowest BCUT2D eigenvalue weighted by Gasteiger charge is -2.17. The largest absolute Gasteiger partial charge is 0.496 e. The number of halogens is 1. The van der Waals surface area contributed by atoms with E-state index in [0.717, 1.165) is 21.5 Å². The number of hydrogen-bond donors (Lipinski definition) is 1. The van der Waals surface area contributed by atoms with Crippen molar-refractivity contribution in [1.82, 2.24) is 9.55 Å². The van der Waals surface area contributed by atoms with E-state index in [1.54, 1.807) is 19.6 Å². The number of aromatic nitrogens is 2. The van der Waals surface area contributed by atoms with Gasteiger partial charge in [0.1, 0.15) is 5.75 Å². The molecule has 2 aromatic rings. The van der Waals surface area contributed by atoms with Crippen LogP contribution in [0.2, 0.25) is 0 Å². The SMILES string of the molecule is COc1ccc(CC(O)c2cncn2C(C)C)cc1Br. The van der Waals surface area contributed by atoms with Crippen molar-refractivity contribution in [3.8, 4) is 5.75 Å². The molecule has 1 unspecified atom stereocenters. The van der Waals surface area contributed by atoms with E-state index in [1.807, 2.05) is 22.8 Å². The molecule has 0 aliphatic rings. The third-order valence-electron chi connectivity index (χ3n) is 3.24. The molecule has 108 valence electrons. The lowest BCUT2D eigenvalue weighted by atomic mass is 10.1. The maximum Gasteiger partial charge on any atom is 0.133 e. The molecule has 0 spiro atoms. The van der Waals surface area contributed by atoms with Gasteiger partial charge in [-0.05, 0) is 47.5 Å². The van der Waals surface area contributed by atoms with Crippen molar-refractivity contribution in [1.29, 1.82) is 0 Å². The molecule has 1 heterocycles. The lowest BCUT2D eigenvalue weighted by molar-refractivity contribution is 0.167. The molecule has 0 bridgehead atoms. The third-order valence-corrected chi connectivity index (χ3v) is 3.86. The molecule has 1 N–H and O–H groups in total. The van der Waals surface area contributed by atoms with Gasteiger partial charge in [0.05, 0.1) is 35.9 Å². The fourth-order valence-electron chi connectivity index (χ4n) is 2.17. The van der Waals surface area contributed by atoms with Crippen LogP contribution < -0.4 is 4.74 Å². The summed E-state index contributed by atoms with van der Waals surface area (Å²) in [6.45, 7) is 4.14. The highest BCUT2D eigenvalue weighted by atomic mass is 79.9. The van der Waals surface area contributed by atoms with Crippen molar-refractivity contribution in [2.45, 2.75) is 32.4 Å². The van der Waals surface area contributed by atoms with Gasteiger partial charge in [-0.15, -0.1) is 0 Å². The molecule has 2 rings (SSSR count). The van der Waals surface area contributed by atoms with Crippen molar-refractivity contribution < 1.29 is 9.84 Å². The number of nitrogens with zero attached hydrogens (tertiary/aromatic N) is 2. The third kappa shape index (κ3) is 3.22. The van der Waals surface area contributed by atoms with E-state index in [1.165, 1.54) is 0 Å². The summed E-state index contributed by atoms with van der Waals surface area (Å²) in [6, 6.07) is 6.11. The predicted octanol–water partition coefficient (Wildman–Crippen LogP) is 3.51. The highest BCUT2D eigenvalue weighted by Gasteiger charge is 2.15. The van der Waals surface area contributed by atoms with Gasteiger partial charge >= 0.3 is 0 Å². The van der Waals surface area contributed by atoms with E-state index in [2.05, 4.69) is 34.8 Å². The average molecular weight is 339 g/mol. The second kappa shape index (κ2) is 6.41. The summed E-state index contributed by atoms with van der Waals surface area (Å²) < 4.78 is 8.08. The zero-order valence-corrected chi connectivity index (χ0v) is 13.5. The van der Waals surface area contributed by atoms with Gasteiger partial charge in [0.2, 0.25) is 0 Å². The molecular formula is C15H19BrN2O2. The van der Waals surface area contributed by atoms with Crippen LogP contribution >= 0.6 is 15.9 Å². The van der Waals surface area contributed by atoms with Crippen LogP contribution in [-0.2, 0) is 6.42 Å². The van der Waals surface area contributed by atoms with E-state index in [-0.39, 0.29) is 6.04 Å². The van der Waals surface area contributed by atoms with Gasteiger partial charge in [0.15, 0.2) is 0 Å². The molecule has 0 aliphatic carbocycles. The summed E-state index contributed by atoms with van der Waals surface area (Å²) in [5.74, 6) is 0.787. The Morgan fingerprint density at radius 2 is 2.15 bits per heavy atom. The molecule has 0 radical (unpaired) electrons.